The summed E-state index contributed by atoms with van der Waals surface area (Å²) in [6.45, 7) is 5.38. The van der Waals surface area contributed by atoms with Gasteiger partial charge in [0.2, 0.25) is 0 Å². The maximum atomic E-state index is 12.0. The Balaban J connectivity index is 1.62. The highest BCUT2D eigenvalue weighted by atomic mass is 16.5. The third kappa shape index (κ3) is 3.36. The van der Waals surface area contributed by atoms with E-state index in [2.05, 4.69) is 10.2 Å². The van der Waals surface area contributed by atoms with Gasteiger partial charge in [0.05, 0.1) is 6.61 Å². The molecular formula is C16H27N3O4. The van der Waals surface area contributed by atoms with Crippen LogP contribution in [0.1, 0.15) is 32.6 Å². The number of aliphatic hydroxyl groups excluding tert-OH is 1. The summed E-state index contributed by atoms with van der Waals surface area (Å²) in [5.41, 5.74) is 0.272. The van der Waals surface area contributed by atoms with Gasteiger partial charge in [0.15, 0.2) is 0 Å². The second-order valence-electron chi connectivity index (χ2n) is 7.12. The lowest BCUT2D eigenvalue weighted by Crippen LogP contribution is -2.54. The molecule has 3 aliphatic heterocycles. The number of urea groups is 1. The fourth-order valence-corrected chi connectivity index (χ4v) is 4.07. The van der Waals surface area contributed by atoms with Crippen LogP contribution in [0.3, 0.4) is 0 Å². The van der Waals surface area contributed by atoms with Crippen LogP contribution in [0.25, 0.3) is 0 Å². The summed E-state index contributed by atoms with van der Waals surface area (Å²) in [4.78, 5) is 27.4. The molecule has 1 spiro atoms. The van der Waals surface area contributed by atoms with Crippen LogP contribution in [-0.2, 0) is 9.53 Å². The fraction of sp³-hybridized carbons (Fsp3) is 0.875. The van der Waals surface area contributed by atoms with Gasteiger partial charge in [-0.25, -0.2) is 4.79 Å². The molecule has 2 atom stereocenters. The van der Waals surface area contributed by atoms with E-state index in [1.165, 1.54) is 4.90 Å². The summed E-state index contributed by atoms with van der Waals surface area (Å²) in [6.07, 6.45) is 4.20. The minimum atomic E-state index is -0.431. The van der Waals surface area contributed by atoms with Crippen molar-refractivity contribution in [3.8, 4) is 0 Å². The Morgan fingerprint density at radius 1 is 1.26 bits per heavy atom. The molecule has 0 radical (unpaired) electrons. The zero-order valence-electron chi connectivity index (χ0n) is 13.8. The van der Waals surface area contributed by atoms with Gasteiger partial charge in [0, 0.05) is 38.9 Å². The predicted molar refractivity (Wildman–Crippen MR) is 83.9 cm³/mol. The molecule has 0 aliphatic carbocycles. The lowest BCUT2D eigenvalue weighted by Gasteiger charge is -2.48. The monoisotopic (exact) mass is 325 g/mol. The Hall–Kier alpha value is -1.18. The van der Waals surface area contributed by atoms with Crippen molar-refractivity contribution >= 4 is 11.9 Å². The highest BCUT2D eigenvalue weighted by Crippen LogP contribution is 2.40. The number of piperidine rings is 1. The molecule has 3 amide bonds. The van der Waals surface area contributed by atoms with Gasteiger partial charge in [0.25, 0.3) is 5.91 Å². The van der Waals surface area contributed by atoms with E-state index in [1.54, 1.807) is 6.92 Å². The molecule has 3 aliphatic rings. The first-order valence-corrected chi connectivity index (χ1v) is 8.59. The van der Waals surface area contributed by atoms with Gasteiger partial charge in [-0.2, -0.15) is 0 Å². The molecule has 2 unspecified atom stereocenters. The van der Waals surface area contributed by atoms with E-state index in [0.29, 0.717) is 13.1 Å². The number of hydrogen-bond acceptors (Lipinski definition) is 5. The molecular weight excluding hydrogens is 298 g/mol. The first-order valence-electron chi connectivity index (χ1n) is 8.59. The standard InChI is InChI=1S/C16H27N3O4/c1-12-14(21)19(15(22)17-12)7-6-18-11-16(3-2-13(18)10-20)4-8-23-9-5-16/h12-13,20H,2-11H2,1H3,(H,17,22). The summed E-state index contributed by atoms with van der Waals surface area (Å²) in [7, 11) is 0. The van der Waals surface area contributed by atoms with E-state index in [0.717, 1.165) is 45.4 Å². The zero-order valence-corrected chi connectivity index (χ0v) is 13.8. The van der Waals surface area contributed by atoms with Crippen molar-refractivity contribution in [3.63, 3.8) is 0 Å². The third-order valence-electron chi connectivity index (χ3n) is 5.66. The van der Waals surface area contributed by atoms with Crippen molar-refractivity contribution in [2.24, 2.45) is 5.41 Å². The quantitative estimate of drug-likeness (QED) is 0.721. The van der Waals surface area contributed by atoms with Crippen molar-refractivity contribution in [3.05, 3.63) is 0 Å². The Morgan fingerprint density at radius 2 is 2.00 bits per heavy atom. The van der Waals surface area contributed by atoms with Crippen LogP contribution in [0.15, 0.2) is 0 Å². The number of hydrogen-bond donors (Lipinski definition) is 2. The molecule has 0 bridgehead atoms. The van der Waals surface area contributed by atoms with E-state index in [4.69, 9.17) is 4.74 Å². The number of carbonyl (C=O) groups is 2. The van der Waals surface area contributed by atoms with E-state index in [9.17, 15) is 14.7 Å². The lowest BCUT2D eigenvalue weighted by molar-refractivity contribution is -0.127. The largest absolute Gasteiger partial charge is 0.395 e. The molecule has 3 fully saturated rings. The minimum Gasteiger partial charge on any atom is -0.395 e. The lowest BCUT2D eigenvalue weighted by atomic mass is 9.72. The predicted octanol–water partition coefficient (Wildman–Crippen LogP) is 0.180. The Bertz CT molecular complexity index is 464. The number of rotatable bonds is 4. The van der Waals surface area contributed by atoms with Gasteiger partial charge in [0.1, 0.15) is 6.04 Å². The number of imide groups is 1. The fourth-order valence-electron chi connectivity index (χ4n) is 4.07. The topological polar surface area (TPSA) is 82.1 Å². The molecule has 0 aromatic heterocycles. The maximum absolute atomic E-state index is 12.0. The number of nitrogens with zero attached hydrogens (tertiary/aromatic N) is 2. The molecule has 0 aromatic rings. The van der Waals surface area contributed by atoms with Gasteiger partial charge >= 0.3 is 6.03 Å². The van der Waals surface area contributed by atoms with Crippen molar-refractivity contribution < 1.29 is 19.4 Å². The normalized spacial score (nSPS) is 31.7. The van der Waals surface area contributed by atoms with Crippen molar-refractivity contribution in [1.29, 1.82) is 0 Å². The van der Waals surface area contributed by atoms with Gasteiger partial charge in [-0.05, 0) is 38.0 Å². The first-order chi connectivity index (χ1) is 11.0. The van der Waals surface area contributed by atoms with Crippen LogP contribution in [0.2, 0.25) is 0 Å². The molecule has 7 heteroatoms. The number of ether oxygens (including phenoxy) is 1. The van der Waals surface area contributed by atoms with Gasteiger partial charge in [-0.1, -0.05) is 0 Å². The Labute approximate surface area is 136 Å². The molecule has 7 nitrogen and oxygen atoms in total. The molecule has 3 heterocycles. The van der Waals surface area contributed by atoms with Gasteiger partial charge in [-0.15, -0.1) is 0 Å². The van der Waals surface area contributed by atoms with E-state index >= 15 is 0 Å². The number of aliphatic hydroxyl groups is 1. The Morgan fingerprint density at radius 3 is 2.61 bits per heavy atom. The minimum absolute atomic E-state index is 0.127. The second-order valence-corrected chi connectivity index (χ2v) is 7.12. The third-order valence-corrected chi connectivity index (χ3v) is 5.66. The SMILES string of the molecule is CC1NC(=O)N(CCN2CC3(CCOCC3)CCC2CO)C1=O. The van der Waals surface area contributed by atoms with Crippen LogP contribution >= 0.6 is 0 Å². The second kappa shape index (κ2) is 6.75. The molecule has 3 saturated heterocycles. The van der Waals surface area contributed by atoms with Crippen LogP contribution in [0.5, 0.6) is 0 Å². The summed E-state index contributed by atoms with van der Waals surface area (Å²) in [5, 5.41) is 12.3. The maximum Gasteiger partial charge on any atom is 0.324 e. The first kappa shape index (κ1) is 16.7. The van der Waals surface area contributed by atoms with Crippen molar-refractivity contribution in [2.45, 2.75) is 44.7 Å². The van der Waals surface area contributed by atoms with Crippen LogP contribution in [-0.4, -0.2) is 78.4 Å². The summed E-state index contributed by atoms with van der Waals surface area (Å²) < 4.78 is 5.49. The average Bonchev–Trinajstić information content (AvgIpc) is 2.79. The molecule has 3 rings (SSSR count). The molecule has 2 N–H and O–H groups in total. The number of carbonyl (C=O) groups excluding carboxylic acids is 2. The van der Waals surface area contributed by atoms with E-state index < -0.39 is 6.04 Å². The van der Waals surface area contributed by atoms with Crippen molar-refractivity contribution in [2.75, 3.05) is 39.5 Å². The van der Waals surface area contributed by atoms with Gasteiger partial charge < -0.3 is 15.2 Å². The summed E-state index contributed by atoms with van der Waals surface area (Å²) in [5.74, 6) is -0.159. The smallest absolute Gasteiger partial charge is 0.324 e. The zero-order chi connectivity index (χ0) is 16.4. The molecule has 130 valence electrons. The van der Waals surface area contributed by atoms with Crippen LogP contribution in [0, 0.1) is 5.41 Å². The Kier molecular flexibility index (Phi) is 4.89. The summed E-state index contributed by atoms with van der Waals surface area (Å²) in [6, 6.07) is -0.609. The molecule has 0 aromatic carbocycles. The molecule has 23 heavy (non-hydrogen) atoms. The highest BCUT2D eigenvalue weighted by molar-refractivity contribution is 6.03. The van der Waals surface area contributed by atoms with Crippen LogP contribution in [0.4, 0.5) is 4.79 Å². The van der Waals surface area contributed by atoms with E-state index in [-0.39, 0.29) is 30.0 Å². The average molecular weight is 325 g/mol. The van der Waals surface area contributed by atoms with Crippen molar-refractivity contribution in [1.82, 2.24) is 15.1 Å². The van der Waals surface area contributed by atoms with Crippen LogP contribution < -0.4 is 5.32 Å². The van der Waals surface area contributed by atoms with E-state index in [1.807, 2.05) is 0 Å². The number of nitrogens with one attached hydrogen (secondary N) is 1. The number of likely N-dealkylation sites (tertiary alicyclic amines) is 1. The summed E-state index contributed by atoms with van der Waals surface area (Å²) >= 11 is 0. The highest BCUT2D eigenvalue weighted by Gasteiger charge is 2.41. The number of amides is 3. The van der Waals surface area contributed by atoms with Gasteiger partial charge in [-0.3, -0.25) is 14.6 Å². The molecule has 0 saturated carbocycles.